The number of hydrogen-bond acceptors (Lipinski definition) is 4. The van der Waals surface area contributed by atoms with E-state index in [-0.39, 0.29) is 12.1 Å². The molecule has 1 saturated heterocycles. The van der Waals surface area contributed by atoms with Crippen LogP contribution in [0.15, 0.2) is 29.2 Å². The van der Waals surface area contributed by atoms with Gasteiger partial charge in [-0.15, -0.1) is 0 Å². The van der Waals surface area contributed by atoms with Gasteiger partial charge in [-0.2, -0.15) is 4.31 Å². The van der Waals surface area contributed by atoms with Crippen molar-refractivity contribution in [2.24, 2.45) is 0 Å². The van der Waals surface area contributed by atoms with Gasteiger partial charge in [-0.05, 0) is 37.6 Å². The Hall–Kier alpha value is -0.950. The Morgan fingerprint density at radius 1 is 1.48 bits per heavy atom. The summed E-state index contributed by atoms with van der Waals surface area (Å²) in [5.74, 6) is 0. The Bertz CT molecular complexity index is 568. The first-order valence-corrected chi connectivity index (χ1v) is 8.80. The van der Waals surface area contributed by atoms with E-state index >= 15 is 0 Å². The Morgan fingerprint density at radius 3 is 2.86 bits per heavy atom. The summed E-state index contributed by atoms with van der Waals surface area (Å²) in [6, 6.07) is 7.23. The van der Waals surface area contributed by atoms with E-state index in [2.05, 4.69) is 5.32 Å². The van der Waals surface area contributed by atoms with Crippen molar-refractivity contribution >= 4 is 10.0 Å². The first kappa shape index (κ1) is 16.4. The molecule has 5 nitrogen and oxygen atoms in total. The molecule has 1 heterocycles. The first-order chi connectivity index (χ1) is 9.96. The SMILES string of the molecule is CCNC(C)c1cccc(S(=O)(=O)N(C)C2CCOC2)c1. The standard InChI is InChI=1S/C15H24N2O3S/c1-4-16-12(2)13-6-5-7-15(10-13)21(18,19)17(3)14-8-9-20-11-14/h5-7,10,12,14,16H,4,8-9,11H2,1-3H3. The molecule has 0 radical (unpaired) electrons. The van der Waals surface area contributed by atoms with Crippen LogP contribution in [-0.4, -0.2) is 45.6 Å². The zero-order valence-electron chi connectivity index (χ0n) is 12.9. The van der Waals surface area contributed by atoms with Crippen molar-refractivity contribution in [1.82, 2.24) is 9.62 Å². The van der Waals surface area contributed by atoms with Crippen LogP contribution in [0.2, 0.25) is 0 Å². The maximum Gasteiger partial charge on any atom is 0.243 e. The van der Waals surface area contributed by atoms with E-state index in [1.807, 2.05) is 19.9 Å². The van der Waals surface area contributed by atoms with Crippen LogP contribution in [0, 0.1) is 0 Å². The van der Waals surface area contributed by atoms with E-state index in [0.717, 1.165) is 18.5 Å². The van der Waals surface area contributed by atoms with Gasteiger partial charge >= 0.3 is 0 Å². The van der Waals surface area contributed by atoms with Crippen molar-refractivity contribution in [2.75, 3.05) is 26.8 Å². The molecule has 0 aromatic heterocycles. The van der Waals surface area contributed by atoms with Crippen molar-refractivity contribution < 1.29 is 13.2 Å². The smallest absolute Gasteiger partial charge is 0.243 e. The van der Waals surface area contributed by atoms with E-state index < -0.39 is 10.0 Å². The monoisotopic (exact) mass is 312 g/mol. The second-order valence-electron chi connectivity index (χ2n) is 5.39. The van der Waals surface area contributed by atoms with Crippen molar-refractivity contribution in [2.45, 2.75) is 37.2 Å². The van der Waals surface area contributed by atoms with Crippen LogP contribution in [0.25, 0.3) is 0 Å². The summed E-state index contributed by atoms with van der Waals surface area (Å²) in [5.41, 5.74) is 0.981. The lowest BCUT2D eigenvalue weighted by atomic mass is 10.1. The van der Waals surface area contributed by atoms with Gasteiger partial charge < -0.3 is 10.1 Å². The highest BCUT2D eigenvalue weighted by atomic mass is 32.2. The van der Waals surface area contributed by atoms with Gasteiger partial charge in [0.25, 0.3) is 0 Å². The van der Waals surface area contributed by atoms with Gasteiger partial charge in [0.15, 0.2) is 0 Å². The highest BCUT2D eigenvalue weighted by molar-refractivity contribution is 7.89. The Kier molecular flexibility index (Phi) is 5.37. The minimum Gasteiger partial charge on any atom is -0.380 e. The number of nitrogens with one attached hydrogen (secondary N) is 1. The van der Waals surface area contributed by atoms with E-state index in [0.29, 0.717) is 18.1 Å². The van der Waals surface area contributed by atoms with E-state index in [1.54, 1.807) is 25.2 Å². The number of rotatable bonds is 6. The van der Waals surface area contributed by atoms with Crippen LogP contribution in [0.3, 0.4) is 0 Å². The maximum atomic E-state index is 12.7. The molecule has 1 fully saturated rings. The molecule has 2 atom stereocenters. The summed E-state index contributed by atoms with van der Waals surface area (Å²) in [6.07, 6.45) is 0.753. The number of hydrogen-bond donors (Lipinski definition) is 1. The fourth-order valence-electron chi connectivity index (χ4n) is 2.54. The van der Waals surface area contributed by atoms with Crippen LogP contribution in [0.5, 0.6) is 0 Å². The van der Waals surface area contributed by atoms with Gasteiger partial charge in [0.1, 0.15) is 0 Å². The highest BCUT2D eigenvalue weighted by Crippen LogP contribution is 2.23. The van der Waals surface area contributed by atoms with Gasteiger partial charge in [0, 0.05) is 19.7 Å². The minimum absolute atomic E-state index is 0.0650. The third-order valence-electron chi connectivity index (χ3n) is 3.97. The summed E-state index contributed by atoms with van der Waals surface area (Å²) in [6.45, 7) is 6.01. The van der Waals surface area contributed by atoms with Crippen molar-refractivity contribution in [3.63, 3.8) is 0 Å². The molecule has 1 aliphatic heterocycles. The van der Waals surface area contributed by atoms with Crippen molar-refractivity contribution in [3.05, 3.63) is 29.8 Å². The topological polar surface area (TPSA) is 58.6 Å². The first-order valence-electron chi connectivity index (χ1n) is 7.36. The molecule has 1 aliphatic rings. The highest BCUT2D eigenvalue weighted by Gasteiger charge is 2.30. The molecule has 0 saturated carbocycles. The largest absolute Gasteiger partial charge is 0.380 e. The molecule has 2 rings (SSSR count). The lowest BCUT2D eigenvalue weighted by molar-refractivity contribution is 0.181. The molecule has 0 bridgehead atoms. The van der Waals surface area contributed by atoms with Gasteiger partial charge in [0.2, 0.25) is 10.0 Å². The average Bonchev–Trinajstić information content (AvgIpc) is 3.01. The number of nitrogens with zero attached hydrogens (tertiary/aromatic N) is 1. The van der Waals surface area contributed by atoms with Gasteiger partial charge in [-0.3, -0.25) is 0 Å². The van der Waals surface area contributed by atoms with Gasteiger partial charge in [-0.1, -0.05) is 19.1 Å². The maximum absolute atomic E-state index is 12.7. The number of likely N-dealkylation sites (N-methyl/N-ethyl adjacent to an activating group) is 1. The summed E-state index contributed by atoms with van der Waals surface area (Å²) < 4.78 is 32.1. The molecular weight excluding hydrogens is 288 g/mol. The second-order valence-corrected chi connectivity index (χ2v) is 7.39. The summed E-state index contributed by atoms with van der Waals surface area (Å²) in [5, 5.41) is 3.30. The molecule has 0 amide bonds. The van der Waals surface area contributed by atoms with Gasteiger partial charge in [0.05, 0.1) is 17.5 Å². The predicted octanol–water partition coefficient (Wildman–Crippen LogP) is 1.77. The number of ether oxygens (including phenoxy) is 1. The van der Waals surface area contributed by atoms with E-state index in [1.165, 1.54) is 4.31 Å². The lowest BCUT2D eigenvalue weighted by Gasteiger charge is -2.23. The van der Waals surface area contributed by atoms with Gasteiger partial charge in [-0.25, -0.2) is 8.42 Å². The van der Waals surface area contributed by atoms with Crippen LogP contribution in [0.4, 0.5) is 0 Å². The van der Waals surface area contributed by atoms with Crippen molar-refractivity contribution in [3.8, 4) is 0 Å². The molecule has 6 heteroatoms. The second kappa shape index (κ2) is 6.87. The van der Waals surface area contributed by atoms with Crippen LogP contribution >= 0.6 is 0 Å². The zero-order chi connectivity index (χ0) is 15.5. The Labute approximate surface area is 127 Å². The molecule has 118 valence electrons. The lowest BCUT2D eigenvalue weighted by Crippen LogP contribution is -2.37. The summed E-state index contributed by atoms with van der Waals surface area (Å²) in [7, 11) is -1.83. The molecule has 0 aliphatic carbocycles. The molecule has 0 spiro atoms. The van der Waals surface area contributed by atoms with E-state index in [4.69, 9.17) is 4.74 Å². The zero-order valence-corrected chi connectivity index (χ0v) is 13.7. The van der Waals surface area contributed by atoms with Crippen molar-refractivity contribution in [1.29, 1.82) is 0 Å². The van der Waals surface area contributed by atoms with Crippen LogP contribution < -0.4 is 5.32 Å². The molecule has 1 aromatic rings. The normalized spacial score (nSPS) is 20.9. The Balaban J connectivity index is 2.25. The minimum atomic E-state index is -3.47. The summed E-state index contributed by atoms with van der Waals surface area (Å²) >= 11 is 0. The Morgan fingerprint density at radius 2 is 2.24 bits per heavy atom. The third kappa shape index (κ3) is 3.63. The number of sulfonamides is 1. The average molecular weight is 312 g/mol. The van der Waals surface area contributed by atoms with Crippen LogP contribution in [-0.2, 0) is 14.8 Å². The quantitative estimate of drug-likeness (QED) is 0.870. The molecule has 2 unspecified atom stereocenters. The fourth-order valence-corrected chi connectivity index (χ4v) is 3.97. The molecule has 1 N–H and O–H groups in total. The predicted molar refractivity (Wildman–Crippen MR) is 82.7 cm³/mol. The fraction of sp³-hybridized carbons (Fsp3) is 0.600. The van der Waals surface area contributed by atoms with Crippen LogP contribution in [0.1, 0.15) is 31.9 Å². The summed E-state index contributed by atoms with van der Waals surface area (Å²) in [4.78, 5) is 0.346. The third-order valence-corrected chi connectivity index (χ3v) is 5.87. The molecular formula is C15H24N2O3S. The molecule has 21 heavy (non-hydrogen) atoms. The molecule has 1 aromatic carbocycles. The van der Waals surface area contributed by atoms with E-state index in [9.17, 15) is 8.42 Å². The number of benzene rings is 1.